The fraction of sp³-hybridized carbons (Fsp3) is 0.583. The molecule has 9 heteroatoms. The van der Waals surface area contributed by atoms with Gasteiger partial charge in [-0.2, -0.15) is 13.2 Å². The van der Waals surface area contributed by atoms with Crippen molar-refractivity contribution in [1.82, 2.24) is 24.6 Å². The van der Waals surface area contributed by atoms with Crippen LogP contribution in [0.5, 0.6) is 0 Å². The summed E-state index contributed by atoms with van der Waals surface area (Å²) in [5, 5.41) is 7.97. The normalized spacial score (nSPS) is 16.2. The highest BCUT2D eigenvalue weighted by molar-refractivity contribution is 7.11. The Kier molecular flexibility index (Phi) is 3.48. The van der Waals surface area contributed by atoms with Crippen LogP contribution < -0.4 is 0 Å². The van der Waals surface area contributed by atoms with Crippen LogP contribution in [0, 0.1) is 13.8 Å². The lowest BCUT2D eigenvalue weighted by Gasteiger charge is -2.27. The van der Waals surface area contributed by atoms with E-state index in [0.29, 0.717) is 25.5 Å². The smallest absolute Gasteiger partial charge is 0.305 e. The number of rotatable bonds is 2. The van der Waals surface area contributed by atoms with Crippen molar-refractivity contribution in [1.29, 1.82) is 0 Å². The molecule has 21 heavy (non-hydrogen) atoms. The first-order valence-electron chi connectivity index (χ1n) is 6.49. The average Bonchev–Trinajstić information content (AvgIpc) is 2.92. The summed E-state index contributed by atoms with van der Waals surface area (Å²) in [6.45, 7) is 5.76. The van der Waals surface area contributed by atoms with Crippen molar-refractivity contribution in [2.75, 3.05) is 6.54 Å². The van der Waals surface area contributed by atoms with Crippen LogP contribution >= 0.6 is 11.3 Å². The predicted molar refractivity (Wildman–Crippen MR) is 70.7 cm³/mol. The molecular weight excluding hydrogens is 303 g/mol. The van der Waals surface area contributed by atoms with E-state index < -0.39 is 12.0 Å². The van der Waals surface area contributed by atoms with Crippen LogP contribution in [0.2, 0.25) is 0 Å². The molecule has 0 amide bonds. The van der Waals surface area contributed by atoms with E-state index in [1.165, 1.54) is 4.57 Å². The number of alkyl halides is 3. The Morgan fingerprint density at radius 2 is 1.95 bits per heavy atom. The molecule has 0 atom stereocenters. The summed E-state index contributed by atoms with van der Waals surface area (Å²) in [6, 6.07) is 0. The van der Waals surface area contributed by atoms with Gasteiger partial charge in [0.1, 0.15) is 5.82 Å². The van der Waals surface area contributed by atoms with E-state index in [0.717, 1.165) is 15.6 Å². The largest absolute Gasteiger partial charge is 0.451 e. The summed E-state index contributed by atoms with van der Waals surface area (Å²) in [5.41, 5.74) is 0.987. The molecule has 0 spiro atoms. The van der Waals surface area contributed by atoms with Gasteiger partial charge in [0.25, 0.3) is 0 Å². The monoisotopic (exact) mass is 317 g/mol. The van der Waals surface area contributed by atoms with E-state index in [1.807, 2.05) is 13.8 Å². The summed E-state index contributed by atoms with van der Waals surface area (Å²) >= 11 is 1.62. The van der Waals surface area contributed by atoms with Crippen LogP contribution in [-0.4, -0.2) is 31.2 Å². The van der Waals surface area contributed by atoms with Crippen LogP contribution in [0.15, 0.2) is 0 Å². The Balaban J connectivity index is 1.76. The number of fused-ring (bicyclic) bond motifs is 1. The molecule has 2 aromatic rings. The molecule has 0 radical (unpaired) electrons. The van der Waals surface area contributed by atoms with Gasteiger partial charge in [0, 0.05) is 24.5 Å². The van der Waals surface area contributed by atoms with Crippen molar-refractivity contribution < 1.29 is 13.2 Å². The van der Waals surface area contributed by atoms with Gasteiger partial charge in [0.2, 0.25) is 5.82 Å². The fourth-order valence-corrected chi connectivity index (χ4v) is 3.46. The quantitative estimate of drug-likeness (QED) is 0.853. The topological polar surface area (TPSA) is 46.8 Å². The Bertz CT molecular complexity index is 660. The van der Waals surface area contributed by atoms with Crippen LogP contribution in [0.4, 0.5) is 13.2 Å². The van der Waals surface area contributed by atoms with Crippen LogP contribution in [0.3, 0.4) is 0 Å². The molecule has 0 fully saturated rings. The van der Waals surface area contributed by atoms with Gasteiger partial charge >= 0.3 is 6.18 Å². The van der Waals surface area contributed by atoms with Gasteiger partial charge in [-0.1, -0.05) is 0 Å². The van der Waals surface area contributed by atoms with E-state index in [4.69, 9.17) is 0 Å². The fourth-order valence-electron chi connectivity index (χ4n) is 2.48. The van der Waals surface area contributed by atoms with Crippen molar-refractivity contribution in [2.24, 2.45) is 0 Å². The highest BCUT2D eigenvalue weighted by atomic mass is 32.1. The van der Waals surface area contributed by atoms with Gasteiger partial charge in [-0.05, 0) is 13.8 Å². The number of hydrogen-bond donors (Lipinski definition) is 0. The van der Waals surface area contributed by atoms with E-state index >= 15 is 0 Å². The lowest BCUT2D eigenvalue weighted by molar-refractivity contribution is -0.148. The second-order valence-electron chi connectivity index (χ2n) is 5.04. The summed E-state index contributed by atoms with van der Waals surface area (Å²) in [4.78, 5) is 7.59. The minimum absolute atomic E-state index is 0.258. The molecule has 0 N–H and O–H groups in total. The van der Waals surface area contributed by atoms with Crippen molar-refractivity contribution >= 4 is 11.3 Å². The maximum absolute atomic E-state index is 12.8. The maximum atomic E-state index is 12.8. The van der Waals surface area contributed by atoms with Gasteiger partial charge in [-0.25, -0.2) is 4.98 Å². The number of halogens is 3. The Hall–Kier alpha value is -1.48. The van der Waals surface area contributed by atoms with Crippen molar-refractivity contribution in [3.63, 3.8) is 0 Å². The second kappa shape index (κ2) is 5.06. The second-order valence-corrected chi connectivity index (χ2v) is 6.33. The lowest BCUT2D eigenvalue weighted by Crippen LogP contribution is -2.34. The first-order valence-corrected chi connectivity index (χ1v) is 7.31. The number of nitrogens with zero attached hydrogens (tertiary/aromatic N) is 5. The van der Waals surface area contributed by atoms with E-state index in [1.54, 1.807) is 11.3 Å². The van der Waals surface area contributed by atoms with E-state index in [2.05, 4.69) is 20.1 Å². The third-order valence-electron chi connectivity index (χ3n) is 3.45. The highest BCUT2D eigenvalue weighted by Crippen LogP contribution is 2.30. The average molecular weight is 317 g/mol. The summed E-state index contributed by atoms with van der Waals surface area (Å²) in [6.07, 6.45) is -4.45. The molecule has 1 aliphatic rings. The third-order valence-corrected chi connectivity index (χ3v) is 4.51. The molecule has 2 aromatic heterocycles. The van der Waals surface area contributed by atoms with Crippen molar-refractivity contribution in [2.45, 2.75) is 39.7 Å². The molecule has 5 nitrogen and oxygen atoms in total. The standard InChI is InChI=1S/C12H14F3N5S/c1-7-9(21-8(2)16-7)5-19-3-4-20-10(6-19)17-18-11(20)12(13,14)15/h3-6H2,1-2H3. The predicted octanol–water partition coefficient (Wildman–Crippen LogP) is 2.39. The maximum Gasteiger partial charge on any atom is 0.451 e. The third kappa shape index (κ3) is 2.80. The SMILES string of the molecule is Cc1nc(C)c(CN2CCn3c(nnc3C(F)(F)F)C2)s1. The van der Waals surface area contributed by atoms with Gasteiger partial charge in [0.05, 0.1) is 17.2 Å². The molecule has 0 bridgehead atoms. The molecule has 0 aromatic carbocycles. The summed E-state index contributed by atoms with van der Waals surface area (Å²) in [5.74, 6) is -0.533. The van der Waals surface area contributed by atoms with Crippen LogP contribution in [0.25, 0.3) is 0 Å². The van der Waals surface area contributed by atoms with Gasteiger partial charge in [-0.3, -0.25) is 4.90 Å². The zero-order valence-electron chi connectivity index (χ0n) is 11.6. The number of aromatic nitrogens is 4. The Morgan fingerprint density at radius 3 is 2.57 bits per heavy atom. The van der Waals surface area contributed by atoms with Crippen molar-refractivity contribution in [3.05, 3.63) is 27.2 Å². The highest BCUT2D eigenvalue weighted by Gasteiger charge is 2.39. The summed E-state index contributed by atoms with van der Waals surface area (Å²) in [7, 11) is 0. The molecule has 3 rings (SSSR count). The van der Waals surface area contributed by atoms with Crippen LogP contribution in [-0.2, 0) is 25.8 Å². The van der Waals surface area contributed by atoms with Crippen molar-refractivity contribution in [3.8, 4) is 0 Å². The molecule has 0 saturated heterocycles. The minimum atomic E-state index is -4.45. The molecule has 3 heterocycles. The first-order chi connectivity index (χ1) is 9.84. The first kappa shape index (κ1) is 14.5. The Morgan fingerprint density at radius 1 is 1.19 bits per heavy atom. The molecule has 0 aliphatic carbocycles. The molecule has 114 valence electrons. The molecule has 1 aliphatic heterocycles. The van der Waals surface area contributed by atoms with E-state index in [-0.39, 0.29) is 6.54 Å². The number of hydrogen-bond acceptors (Lipinski definition) is 5. The zero-order valence-corrected chi connectivity index (χ0v) is 12.4. The van der Waals surface area contributed by atoms with Crippen LogP contribution in [0.1, 0.15) is 27.2 Å². The minimum Gasteiger partial charge on any atom is -0.305 e. The lowest BCUT2D eigenvalue weighted by atomic mass is 10.3. The molecular formula is C12H14F3N5S. The summed E-state index contributed by atoms with van der Waals surface area (Å²) < 4.78 is 39.5. The molecule has 0 unspecified atom stereocenters. The number of thiazole rings is 1. The van der Waals surface area contributed by atoms with Gasteiger partial charge < -0.3 is 4.57 Å². The van der Waals surface area contributed by atoms with Gasteiger partial charge in [0.15, 0.2) is 0 Å². The van der Waals surface area contributed by atoms with Gasteiger partial charge in [-0.15, -0.1) is 21.5 Å². The number of aryl methyl sites for hydroxylation is 2. The molecule has 0 saturated carbocycles. The Labute approximate surface area is 123 Å². The zero-order chi connectivity index (χ0) is 15.2. The van der Waals surface area contributed by atoms with E-state index in [9.17, 15) is 13.2 Å².